The molecule has 1 aromatic heterocycles. The third-order valence-corrected chi connectivity index (χ3v) is 3.85. The summed E-state index contributed by atoms with van der Waals surface area (Å²) < 4.78 is 37.6. The SMILES string of the molecule is Cc1cc(C)c(-c2ccc(C(F)(F)F)cc2N)s1. The third-order valence-electron chi connectivity index (χ3n) is 2.66. The predicted molar refractivity (Wildman–Crippen MR) is 68.6 cm³/mol. The lowest BCUT2D eigenvalue weighted by atomic mass is 10.1. The molecule has 0 aliphatic heterocycles. The molecule has 1 aromatic carbocycles. The number of anilines is 1. The number of halogens is 3. The van der Waals surface area contributed by atoms with Crippen molar-refractivity contribution in [1.29, 1.82) is 0 Å². The molecule has 18 heavy (non-hydrogen) atoms. The van der Waals surface area contributed by atoms with Crippen LogP contribution >= 0.6 is 11.3 Å². The zero-order valence-corrected chi connectivity index (χ0v) is 10.7. The van der Waals surface area contributed by atoms with E-state index in [0.717, 1.165) is 27.5 Å². The molecule has 0 amide bonds. The fraction of sp³-hybridized carbons (Fsp3) is 0.231. The Bertz CT molecular complexity index is 584. The maximum absolute atomic E-state index is 12.5. The monoisotopic (exact) mass is 271 g/mol. The molecule has 0 aliphatic carbocycles. The average molecular weight is 271 g/mol. The van der Waals surface area contributed by atoms with Gasteiger partial charge in [0, 0.05) is 21.0 Å². The molecule has 0 spiro atoms. The molecule has 0 unspecified atom stereocenters. The zero-order valence-electron chi connectivity index (χ0n) is 9.93. The molecule has 0 fully saturated rings. The van der Waals surface area contributed by atoms with Crippen molar-refractivity contribution in [2.45, 2.75) is 20.0 Å². The lowest BCUT2D eigenvalue weighted by Gasteiger charge is -2.10. The Labute approximate surface area is 107 Å². The highest BCUT2D eigenvalue weighted by Crippen LogP contribution is 2.38. The van der Waals surface area contributed by atoms with Crippen LogP contribution < -0.4 is 5.73 Å². The van der Waals surface area contributed by atoms with E-state index in [9.17, 15) is 13.2 Å². The largest absolute Gasteiger partial charge is 0.416 e. The van der Waals surface area contributed by atoms with Crippen LogP contribution in [0.2, 0.25) is 0 Å². The summed E-state index contributed by atoms with van der Waals surface area (Å²) in [4.78, 5) is 2.04. The molecule has 5 heteroatoms. The standard InChI is InChI=1S/C13H12F3NS/c1-7-5-8(2)18-12(7)10-4-3-9(6-11(10)17)13(14,15)16/h3-6H,17H2,1-2H3. The van der Waals surface area contributed by atoms with E-state index in [2.05, 4.69) is 0 Å². The molecule has 0 radical (unpaired) electrons. The number of alkyl halides is 3. The van der Waals surface area contributed by atoms with Gasteiger partial charge in [-0.1, -0.05) is 6.07 Å². The second-order valence-corrected chi connectivity index (χ2v) is 5.43. The van der Waals surface area contributed by atoms with Crippen LogP contribution in [0.5, 0.6) is 0 Å². The molecule has 0 saturated carbocycles. The molecule has 0 saturated heterocycles. The summed E-state index contributed by atoms with van der Waals surface area (Å²) in [6.07, 6.45) is -4.35. The molecule has 2 aromatic rings. The highest BCUT2D eigenvalue weighted by Gasteiger charge is 2.31. The quantitative estimate of drug-likeness (QED) is 0.752. The van der Waals surface area contributed by atoms with Crippen LogP contribution in [0.25, 0.3) is 10.4 Å². The molecule has 0 atom stereocenters. The van der Waals surface area contributed by atoms with E-state index in [1.54, 1.807) is 0 Å². The summed E-state index contributed by atoms with van der Waals surface area (Å²) >= 11 is 1.53. The van der Waals surface area contributed by atoms with Crippen LogP contribution in [-0.4, -0.2) is 0 Å². The van der Waals surface area contributed by atoms with Gasteiger partial charge in [0.25, 0.3) is 0 Å². The molecule has 0 bridgehead atoms. The highest BCUT2D eigenvalue weighted by atomic mass is 32.1. The number of benzene rings is 1. The Kier molecular flexibility index (Phi) is 3.11. The van der Waals surface area contributed by atoms with Gasteiger partial charge < -0.3 is 5.73 Å². The van der Waals surface area contributed by atoms with E-state index in [-0.39, 0.29) is 5.69 Å². The minimum absolute atomic E-state index is 0.162. The van der Waals surface area contributed by atoms with Crippen molar-refractivity contribution in [1.82, 2.24) is 0 Å². The smallest absolute Gasteiger partial charge is 0.398 e. The van der Waals surface area contributed by atoms with Gasteiger partial charge in [-0.3, -0.25) is 0 Å². The van der Waals surface area contributed by atoms with Crippen molar-refractivity contribution in [2.75, 3.05) is 5.73 Å². The van der Waals surface area contributed by atoms with E-state index >= 15 is 0 Å². The number of nitrogens with two attached hydrogens (primary N) is 1. The zero-order chi connectivity index (χ0) is 13.5. The Hall–Kier alpha value is -1.49. The van der Waals surface area contributed by atoms with Crippen molar-refractivity contribution >= 4 is 17.0 Å². The van der Waals surface area contributed by atoms with Crippen molar-refractivity contribution < 1.29 is 13.2 Å². The normalized spacial score (nSPS) is 11.8. The number of aryl methyl sites for hydroxylation is 2. The van der Waals surface area contributed by atoms with E-state index in [0.29, 0.717) is 5.56 Å². The molecule has 0 aliphatic rings. The second kappa shape index (κ2) is 4.31. The minimum atomic E-state index is -4.35. The first kappa shape index (κ1) is 13.0. The number of nitrogen functional groups attached to an aromatic ring is 1. The van der Waals surface area contributed by atoms with E-state index < -0.39 is 11.7 Å². The van der Waals surface area contributed by atoms with Crippen molar-refractivity contribution in [3.05, 3.63) is 40.3 Å². The van der Waals surface area contributed by atoms with Gasteiger partial charge in [-0.25, -0.2) is 0 Å². The van der Waals surface area contributed by atoms with E-state index in [1.807, 2.05) is 19.9 Å². The molecule has 1 nitrogen and oxygen atoms in total. The predicted octanol–water partition coefficient (Wildman–Crippen LogP) is 4.63. The summed E-state index contributed by atoms with van der Waals surface area (Å²) in [6, 6.07) is 5.50. The van der Waals surface area contributed by atoms with E-state index in [1.165, 1.54) is 17.4 Å². The van der Waals surface area contributed by atoms with Gasteiger partial charge in [0.05, 0.1) is 5.56 Å². The first-order valence-corrected chi connectivity index (χ1v) is 6.15. The van der Waals surface area contributed by atoms with Gasteiger partial charge in [-0.05, 0) is 37.6 Å². The van der Waals surface area contributed by atoms with Gasteiger partial charge in [-0.15, -0.1) is 11.3 Å². The fourth-order valence-corrected chi connectivity index (χ4v) is 2.93. The number of hydrogen-bond donors (Lipinski definition) is 1. The molecule has 2 rings (SSSR count). The van der Waals surface area contributed by atoms with Gasteiger partial charge in [0.2, 0.25) is 0 Å². The minimum Gasteiger partial charge on any atom is -0.398 e. The summed E-state index contributed by atoms with van der Waals surface area (Å²) in [6.45, 7) is 3.89. The fourth-order valence-electron chi connectivity index (χ4n) is 1.85. The number of thiophene rings is 1. The van der Waals surface area contributed by atoms with Gasteiger partial charge >= 0.3 is 6.18 Å². The summed E-state index contributed by atoms with van der Waals surface area (Å²) in [5.74, 6) is 0. The lowest BCUT2D eigenvalue weighted by molar-refractivity contribution is -0.137. The Balaban J connectivity index is 2.51. The molecule has 96 valence electrons. The highest BCUT2D eigenvalue weighted by molar-refractivity contribution is 7.15. The van der Waals surface area contributed by atoms with Crippen LogP contribution in [0.1, 0.15) is 16.0 Å². The summed E-state index contributed by atoms with van der Waals surface area (Å²) in [5.41, 5.74) is 6.88. The van der Waals surface area contributed by atoms with Crippen LogP contribution in [0, 0.1) is 13.8 Å². The van der Waals surface area contributed by atoms with Gasteiger partial charge in [-0.2, -0.15) is 13.2 Å². The second-order valence-electron chi connectivity index (χ2n) is 4.17. The number of hydrogen-bond acceptors (Lipinski definition) is 2. The Morgan fingerprint density at radius 2 is 1.78 bits per heavy atom. The summed E-state index contributed by atoms with van der Waals surface area (Å²) in [5, 5.41) is 0. The first-order chi connectivity index (χ1) is 8.29. The molecule has 2 N–H and O–H groups in total. The summed E-state index contributed by atoms with van der Waals surface area (Å²) in [7, 11) is 0. The Morgan fingerprint density at radius 1 is 1.11 bits per heavy atom. The van der Waals surface area contributed by atoms with Crippen molar-refractivity contribution in [3.63, 3.8) is 0 Å². The van der Waals surface area contributed by atoms with Crippen LogP contribution in [0.4, 0.5) is 18.9 Å². The van der Waals surface area contributed by atoms with Crippen molar-refractivity contribution in [3.8, 4) is 10.4 Å². The van der Waals surface area contributed by atoms with E-state index in [4.69, 9.17) is 5.73 Å². The molecular formula is C13H12F3NS. The van der Waals surface area contributed by atoms with Crippen LogP contribution in [-0.2, 0) is 6.18 Å². The first-order valence-electron chi connectivity index (χ1n) is 5.33. The third kappa shape index (κ3) is 2.36. The molecule has 1 heterocycles. The Morgan fingerprint density at radius 3 is 2.22 bits per heavy atom. The van der Waals surface area contributed by atoms with Gasteiger partial charge in [0.1, 0.15) is 0 Å². The van der Waals surface area contributed by atoms with Crippen LogP contribution in [0.3, 0.4) is 0 Å². The lowest BCUT2D eigenvalue weighted by Crippen LogP contribution is -2.05. The van der Waals surface area contributed by atoms with Crippen molar-refractivity contribution in [2.24, 2.45) is 0 Å². The van der Waals surface area contributed by atoms with Crippen LogP contribution in [0.15, 0.2) is 24.3 Å². The average Bonchev–Trinajstić information content (AvgIpc) is 2.56. The topological polar surface area (TPSA) is 26.0 Å². The van der Waals surface area contributed by atoms with Gasteiger partial charge in [0.15, 0.2) is 0 Å². The maximum atomic E-state index is 12.5. The maximum Gasteiger partial charge on any atom is 0.416 e. The molecular weight excluding hydrogens is 259 g/mol. The number of rotatable bonds is 1.